The van der Waals surface area contributed by atoms with Crippen molar-refractivity contribution in [2.45, 2.75) is 6.92 Å². The molecule has 0 spiro atoms. The number of benzene rings is 2. The van der Waals surface area contributed by atoms with Crippen LogP contribution in [0.15, 0.2) is 36.4 Å². The van der Waals surface area contributed by atoms with E-state index in [2.05, 4.69) is 10.1 Å². The van der Waals surface area contributed by atoms with Gasteiger partial charge in [-0.15, -0.1) is 0 Å². The molecule has 0 heterocycles. The number of nitrogens with zero attached hydrogens (tertiary/aromatic N) is 1. The maximum absolute atomic E-state index is 12.4. The van der Waals surface area contributed by atoms with Gasteiger partial charge in [0.15, 0.2) is 6.61 Å². The predicted octanol–water partition coefficient (Wildman–Crippen LogP) is 2.58. The van der Waals surface area contributed by atoms with Gasteiger partial charge < -0.3 is 24.8 Å². The Bertz CT molecular complexity index is 851. The average molecular weight is 374 g/mol. The van der Waals surface area contributed by atoms with Gasteiger partial charge in [0.25, 0.3) is 0 Å². The van der Waals surface area contributed by atoms with E-state index in [0.29, 0.717) is 11.4 Å². The number of hydrogen-bond donors (Lipinski definition) is 2. The Morgan fingerprint density at radius 1 is 1.15 bits per heavy atom. The maximum Gasteiger partial charge on any atom is 0.343 e. The third kappa shape index (κ3) is 5.10. The van der Waals surface area contributed by atoms with Crippen LogP contribution in [0.25, 0.3) is 10.8 Å². The number of anilines is 1. The fourth-order valence-corrected chi connectivity index (χ4v) is 2.48. The van der Waals surface area contributed by atoms with Crippen LogP contribution in [0.1, 0.15) is 6.92 Å². The Balaban J connectivity index is 2.20. The number of carbonyl (C=O) groups is 3. The summed E-state index contributed by atoms with van der Waals surface area (Å²) in [4.78, 5) is 35.9. The summed E-state index contributed by atoms with van der Waals surface area (Å²) in [7, 11) is 2.81. The van der Waals surface area contributed by atoms with Gasteiger partial charge in [0.2, 0.25) is 0 Å². The largest absolute Gasteiger partial charge is 0.481 e. The highest BCUT2D eigenvalue weighted by Crippen LogP contribution is 2.31. The van der Waals surface area contributed by atoms with Gasteiger partial charge in [0.1, 0.15) is 5.75 Å². The van der Waals surface area contributed by atoms with E-state index in [1.165, 1.54) is 26.0 Å². The summed E-state index contributed by atoms with van der Waals surface area (Å²) >= 11 is 0. The molecule has 2 aromatic rings. The highest BCUT2D eigenvalue weighted by atomic mass is 16.6. The standard InChI is InChI=1S/C19H22N2O6/c1-12(18(23)24)10-21(2)19(25)20-15-8-9-16(27-11-17(22)26-3)14-7-5-4-6-13(14)15/h4-9,12H,10-11H2,1-3H3,(H,20,25)(H,23,24). The van der Waals surface area contributed by atoms with Crippen molar-refractivity contribution in [3.8, 4) is 5.75 Å². The SMILES string of the molecule is COC(=O)COc1ccc(NC(=O)N(C)CC(C)C(=O)O)c2ccccc12. The summed E-state index contributed by atoms with van der Waals surface area (Å²) < 4.78 is 10.1. The van der Waals surface area contributed by atoms with Gasteiger partial charge in [0, 0.05) is 24.4 Å². The van der Waals surface area contributed by atoms with E-state index in [1.54, 1.807) is 12.1 Å². The minimum atomic E-state index is -0.966. The first kappa shape index (κ1) is 20.0. The van der Waals surface area contributed by atoms with E-state index in [1.807, 2.05) is 24.3 Å². The maximum atomic E-state index is 12.4. The normalized spacial score (nSPS) is 11.5. The molecule has 0 aliphatic carbocycles. The highest BCUT2D eigenvalue weighted by Gasteiger charge is 2.18. The van der Waals surface area contributed by atoms with Gasteiger partial charge in [-0.3, -0.25) is 4.79 Å². The molecule has 144 valence electrons. The Labute approximate surface area is 156 Å². The van der Waals surface area contributed by atoms with Crippen molar-refractivity contribution in [3.63, 3.8) is 0 Å². The molecule has 2 rings (SSSR count). The second kappa shape index (κ2) is 8.88. The second-order valence-corrected chi connectivity index (χ2v) is 6.07. The van der Waals surface area contributed by atoms with Crippen LogP contribution >= 0.6 is 0 Å². The summed E-state index contributed by atoms with van der Waals surface area (Å²) in [6.07, 6.45) is 0. The number of hydrogen-bond acceptors (Lipinski definition) is 5. The number of amides is 2. The first-order valence-electron chi connectivity index (χ1n) is 8.29. The van der Waals surface area contributed by atoms with Gasteiger partial charge in [-0.25, -0.2) is 9.59 Å². The molecule has 0 bridgehead atoms. The molecule has 0 aliphatic rings. The number of ether oxygens (including phenoxy) is 2. The van der Waals surface area contributed by atoms with Gasteiger partial charge in [0.05, 0.1) is 18.7 Å². The molecule has 0 aromatic heterocycles. The summed E-state index contributed by atoms with van der Waals surface area (Å²) in [5.74, 6) is -1.65. The topological polar surface area (TPSA) is 105 Å². The number of rotatable bonds is 7. The summed E-state index contributed by atoms with van der Waals surface area (Å²) in [6, 6.07) is 10.2. The highest BCUT2D eigenvalue weighted by molar-refractivity contribution is 6.03. The molecular formula is C19H22N2O6. The number of carbonyl (C=O) groups excluding carboxylic acids is 2. The molecule has 0 saturated heterocycles. The Morgan fingerprint density at radius 3 is 2.44 bits per heavy atom. The van der Waals surface area contributed by atoms with E-state index >= 15 is 0 Å². The lowest BCUT2D eigenvalue weighted by Crippen LogP contribution is -2.36. The minimum Gasteiger partial charge on any atom is -0.481 e. The van der Waals surface area contributed by atoms with Crippen molar-refractivity contribution in [2.75, 3.05) is 32.6 Å². The van der Waals surface area contributed by atoms with E-state index in [4.69, 9.17) is 9.84 Å². The quantitative estimate of drug-likeness (QED) is 0.722. The number of esters is 1. The minimum absolute atomic E-state index is 0.0828. The molecule has 0 radical (unpaired) electrons. The Hall–Kier alpha value is -3.29. The van der Waals surface area contributed by atoms with E-state index in [9.17, 15) is 14.4 Å². The average Bonchev–Trinajstić information content (AvgIpc) is 2.66. The van der Waals surface area contributed by atoms with Crippen LogP contribution < -0.4 is 10.1 Å². The third-order valence-corrected chi connectivity index (χ3v) is 4.01. The number of fused-ring (bicyclic) bond motifs is 1. The lowest BCUT2D eigenvalue weighted by molar-refractivity contribution is -0.143. The smallest absolute Gasteiger partial charge is 0.343 e. The van der Waals surface area contributed by atoms with Crippen LogP contribution in [0, 0.1) is 5.92 Å². The van der Waals surface area contributed by atoms with Crippen LogP contribution in [0.2, 0.25) is 0 Å². The van der Waals surface area contributed by atoms with Gasteiger partial charge >= 0.3 is 18.0 Å². The number of aliphatic carboxylic acids is 1. The monoisotopic (exact) mass is 374 g/mol. The molecule has 2 N–H and O–H groups in total. The molecule has 8 heteroatoms. The summed E-state index contributed by atoms with van der Waals surface area (Å²) in [5, 5.41) is 13.2. The van der Waals surface area contributed by atoms with Crippen LogP contribution in [0.3, 0.4) is 0 Å². The van der Waals surface area contributed by atoms with Gasteiger partial charge in [-0.2, -0.15) is 0 Å². The first-order valence-corrected chi connectivity index (χ1v) is 8.29. The molecule has 8 nitrogen and oxygen atoms in total. The number of carboxylic acid groups (broad SMARTS) is 1. The van der Waals surface area contributed by atoms with Crippen molar-refractivity contribution in [1.29, 1.82) is 0 Å². The summed E-state index contributed by atoms with van der Waals surface area (Å²) in [5.41, 5.74) is 0.552. The van der Waals surface area contributed by atoms with Crippen LogP contribution in [-0.2, 0) is 14.3 Å². The Morgan fingerprint density at radius 2 is 1.81 bits per heavy atom. The third-order valence-electron chi connectivity index (χ3n) is 4.01. The molecule has 0 fully saturated rings. The van der Waals surface area contributed by atoms with Crippen LogP contribution in [-0.4, -0.2) is 55.3 Å². The fourth-order valence-electron chi connectivity index (χ4n) is 2.48. The molecule has 1 atom stereocenters. The summed E-state index contributed by atoms with van der Waals surface area (Å²) in [6.45, 7) is 1.40. The number of methoxy groups -OCH3 is 1. The Kier molecular flexibility index (Phi) is 6.59. The van der Waals surface area contributed by atoms with Crippen LogP contribution in [0.4, 0.5) is 10.5 Å². The molecule has 0 aliphatic heterocycles. The molecule has 2 aromatic carbocycles. The molecular weight excluding hydrogens is 352 g/mol. The molecule has 1 unspecified atom stereocenters. The fraction of sp³-hybridized carbons (Fsp3) is 0.316. The molecule has 2 amide bonds. The molecule has 0 saturated carbocycles. The zero-order chi connectivity index (χ0) is 20.0. The van der Waals surface area contributed by atoms with Crippen LogP contribution in [0.5, 0.6) is 5.75 Å². The van der Waals surface area contributed by atoms with E-state index in [-0.39, 0.29) is 13.2 Å². The van der Waals surface area contributed by atoms with Crippen molar-refractivity contribution >= 4 is 34.4 Å². The van der Waals surface area contributed by atoms with Crippen molar-refractivity contribution < 1.29 is 29.0 Å². The zero-order valence-electron chi connectivity index (χ0n) is 15.4. The zero-order valence-corrected chi connectivity index (χ0v) is 15.4. The second-order valence-electron chi connectivity index (χ2n) is 6.07. The van der Waals surface area contributed by atoms with Gasteiger partial charge in [-0.05, 0) is 12.1 Å². The lowest BCUT2D eigenvalue weighted by atomic mass is 10.1. The number of carboxylic acids is 1. The van der Waals surface area contributed by atoms with Crippen molar-refractivity contribution in [2.24, 2.45) is 5.92 Å². The van der Waals surface area contributed by atoms with Crippen molar-refractivity contribution in [3.05, 3.63) is 36.4 Å². The number of nitrogens with one attached hydrogen (secondary N) is 1. The predicted molar refractivity (Wildman–Crippen MR) is 99.9 cm³/mol. The number of urea groups is 1. The lowest BCUT2D eigenvalue weighted by Gasteiger charge is -2.21. The van der Waals surface area contributed by atoms with Crippen molar-refractivity contribution in [1.82, 2.24) is 4.90 Å². The van der Waals surface area contributed by atoms with Gasteiger partial charge in [-0.1, -0.05) is 31.2 Å². The molecule has 27 heavy (non-hydrogen) atoms. The van der Waals surface area contributed by atoms with E-state index < -0.39 is 23.9 Å². The van der Waals surface area contributed by atoms with E-state index in [0.717, 1.165) is 10.8 Å². The first-order chi connectivity index (χ1) is 12.8.